The van der Waals surface area contributed by atoms with Crippen LogP contribution in [0.25, 0.3) is 0 Å². The molecule has 1 aromatic carbocycles. The fourth-order valence-corrected chi connectivity index (χ4v) is 2.73. The van der Waals surface area contributed by atoms with E-state index in [9.17, 15) is 4.39 Å². The molecule has 1 saturated heterocycles. The van der Waals surface area contributed by atoms with Crippen LogP contribution in [0.5, 0.6) is 0 Å². The molecule has 0 radical (unpaired) electrons. The van der Waals surface area contributed by atoms with Crippen molar-refractivity contribution in [2.24, 2.45) is 0 Å². The standard InChI is InChI=1S/C14H20ClFN2/c1-10(2)18(13-5-6-17-8-13)9-11-3-4-12(16)7-14(11)15/h3-4,7,10,13,17H,5-6,8-9H2,1-2H3/t13-/m0/s1. The summed E-state index contributed by atoms with van der Waals surface area (Å²) in [4.78, 5) is 2.43. The van der Waals surface area contributed by atoms with Crippen molar-refractivity contribution in [1.82, 2.24) is 10.2 Å². The smallest absolute Gasteiger partial charge is 0.124 e. The molecule has 100 valence electrons. The fraction of sp³-hybridized carbons (Fsp3) is 0.571. The maximum Gasteiger partial charge on any atom is 0.124 e. The van der Waals surface area contributed by atoms with Crippen molar-refractivity contribution in [3.63, 3.8) is 0 Å². The quantitative estimate of drug-likeness (QED) is 0.905. The van der Waals surface area contributed by atoms with Crippen molar-refractivity contribution in [2.45, 2.75) is 38.9 Å². The molecule has 0 aromatic heterocycles. The molecule has 2 rings (SSSR count). The van der Waals surface area contributed by atoms with Crippen LogP contribution >= 0.6 is 11.6 Å². The third-order valence-corrected chi connectivity index (χ3v) is 3.89. The Morgan fingerprint density at radius 3 is 2.83 bits per heavy atom. The summed E-state index contributed by atoms with van der Waals surface area (Å²) >= 11 is 6.10. The zero-order valence-electron chi connectivity index (χ0n) is 10.9. The van der Waals surface area contributed by atoms with Crippen molar-refractivity contribution in [3.05, 3.63) is 34.6 Å². The lowest BCUT2D eigenvalue weighted by Crippen LogP contribution is -2.41. The molecule has 18 heavy (non-hydrogen) atoms. The van der Waals surface area contributed by atoms with Crippen LogP contribution in [0.3, 0.4) is 0 Å². The van der Waals surface area contributed by atoms with E-state index in [-0.39, 0.29) is 5.82 Å². The first kappa shape index (κ1) is 13.8. The number of hydrogen-bond acceptors (Lipinski definition) is 2. The summed E-state index contributed by atoms with van der Waals surface area (Å²) in [5, 5.41) is 3.90. The largest absolute Gasteiger partial charge is 0.315 e. The Kier molecular flexibility index (Phi) is 4.60. The van der Waals surface area contributed by atoms with Crippen LogP contribution in [0.1, 0.15) is 25.8 Å². The number of hydrogen-bond donors (Lipinski definition) is 1. The molecule has 0 saturated carbocycles. The van der Waals surface area contributed by atoms with Crippen LogP contribution in [0.15, 0.2) is 18.2 Å². The van der Waals surface area contributed by atoms with E-state index in [4.69, 9.17) is 11.6 Å². The van der Waals surface area contributed by atoms with Crippen molar-refractivity contribution in [1.29, 1.82) is 0 Å². The Balaban J connectivity index is 2.12. The van der Waals surface area contributed by atoms with Gasteiger partial charge in [0.1, 0.15) is 5.82 Å². The minimum absolute atomic E-state index is 0.276. The molecule has 4 heteroatoms. The molecule has 1 aliphatic heterocycles. The second kappa shape index (κ2) is 6.00. The van der Waals surface area contributed by atoms with Crippen LogP contribution in [0.4, 0.5) is 4.39 Å². The van der Waals surface area contributed by atoms with E-state index >= 15 is 0 Å². The summed E-state index contributed by atoms with van der Waals surface area (Å²) < 4.78 is 13.0. The molecule has 1 N–H and O–H groups in total. The molecule has 1 fully saturated rings. The predicted octanol–water partition coefficient (Wildman–Crippen LogP) is 3.05. The monoisotopic (exact) mass is 270 g/mol. The highest BCUT2D eigenvalue weighted by atomic mass is 35.5. The van der Waals surface area contributed by atoms with Crippen molar-refractivity contribution >= 4 is 11.6 Å². The molecular formula is C14H20ClFN2. The van der Waals surface area contributed by atoms with Crippen LogP contribution < -0.4 is 5.32 Å². The van der Waals surface area contributed by atoms with E-state index in [0.717, 1.165) is 31.6 Å². The van der Waals surface area contributed by atoms with E-state index in [2.05, 4.69) is 24.1 Å². The normalized spacial score (nSPS) is 20.0. The van der Waals surface area contributed by atoms with Gasteiger partial charge in [0.25, 0.3) is 0 Å². The summed E-state index contributed by atoms with van der Waals surface area (Å²) in [5.74, 6) is -0.276. The van der Waals surface area contributed by atoms with Gasteiger partial charge in [0, 0.05) is 30.2 Å². The summed E-state index contributed by atoms with van der Waals surface area (Å²) in [6.45, 7) is 7.26. The molecular weight excluding hydrogens is 251 g/mol. The summed E-state index contributed by atoms with van der Waals surface area (Å²) in [7, 11) is 0. The van der Waals surface area contributed by atoms with E-state index in [1.54, 1.807) is 6.07 Å². The van der Waals surface area contributed by atoms with Crippen LogP contribution in [-0.4, -0.2) is 30.1 Å². The Morgan fingerprint density at radius 2 is 2.28 bits per heavy atom. The van der Waals surface area contributed by atoms with Gasteiger partial charge in [0.2, 0.25) is 0 Å². The Labute approximate surface area is 113 Å². The highest BCUT2D eigenvalue weighted by Crippen LogP contribution is 2.22. The highest BCUT2D eigenvalue weighted by Gasteiger charge is 2.24. The summed E-state index contributed by atoms with van der Waals surface area (Å²) in [5.41, 5.74) is 0.999. The molecule has 2 nitrogen and oxygen atoms in total. The first-order valence-corrected chi connectivity index (χ1v) is 6.86. The second-order valence-corrected chi connectivity index (χ2v) is 5.56. The lowest BCUT2D eigenvalue weighted by atomic mass is 10.1. The zero-order valence-corrected chi connectivity index (χ0v) is 11.7. The van der Waals surface area contributed by atoms with E-state index < -0.39 is 0 Å². The van der Waals surface area contributed by atoms with Crippen molar-refractivity contribution < 1.29 is 4.39 Å². The second-order valence-electron chi connectivity index (χ2n) is 5.15. The van der Waals surface area contributed by atoms with Gasteiger partial charge in [-0.1, -0.05) is 17.7 Å². The van der Waals surface area contributed by atoms with Gasteiger partial charge in [0.15, 0.2) is 0 Å². The molecule has 1 heterocycles. The molecule has 0 unspecified atom stereocenters. The molecule has 1 aromatic rings. The lowest BCUT2D eigenvalue weighted by molar-refractivity contribution is 0.154. The van der Waals surface area contributed by atoms with E-state index in [1.807, 2.05) is 0 Å². The summed E-state index contributed by atoms with van der Waals surface area (Å²) in [6, 6.07) is 5.66. The topological polar surface area (TPSA) is 15.3 Å². The molecule has 1 atom stereocenters. The number of benzene rings is 1. The molecule has 0 bridgehead atoms. The molecule has 0 spiro atoms. The third-order valence-electron chi connectivity index (χ3n) is 3.53. The number of rotatable bonds is 4. The Hall–Kier alpha value is -0.640. The average Bonchev–Trinajstić information content (AvgIpc) is 2.80. The maximum absolute atomic E-state index is 13.0. The first-order valence-electron chi connectivity index (χ1n) is 6.48. The zero-order chi connectivity index (χ0) is 13.1. The average molecular weight is 271 g/mol. The van der Waals surface area contributed by atoms with Gasteiger partial charge >= 0.3 is 0 Å². The van der Waals surface area contributed by atoms with E-state index in [0.29, 0.717) is 17.1 Å². The van der Waals surface area contributed by atoms with Gasteiger partial charge in [-0.05, 0) is 44.5 Å². The van der Waals surface area contributed by atoms with Gasteiger partial charge in [-0.15, -0.1) is 0 Å². The predicted molar refractivity (Wildman–Crippen MR) is 73.4 cm³/mol. The Bertz CT molecular complexity index is 403. The highest BCUT2D eigenvalue weighted by molar-refractivity contribution is 6.31. The number of nitrogens with zero attached hydrogens (tertiary/aromatic N) is 1. The van der Waals surface area contributed by atoms with Gasteiger partial charge in [0.05, 0.1) is 0 Å². The van der Waals surface area contributed by atoms with Crippen molar-refractivity contribution in [3.8, 4) is 0 Å². The molecule has 0 amide bonds. The SMILES string of the molecule is CC(C)N(Cc1ccc(F)cc1Cl)[C@H]1CCNC1. The lowest BCUT2D eigenvalue weighted by Gasteiger charge is -2.32. The van der Waals surface area contributed by atoms with Crippen molar-refractivity contribution in [2.75, 3.05) is 13.1 Å². The van der Waals surface area contributed by atoms with Gasteiger partial charge in [-0.3, -0.25) is 4.90 Å². The number of nitrogens with one attached hydrogen (secondary N) is 1. The number of halogens is 2. The minimum Gasteiger partial charge on any atom is -0.315 e. The van der Waals surface area contributed by atoms with Gasteiger partial charge in [-0.2, -0.15) is 0 Å². The van der Waals surface area contributed by atoms with Crippen LogP contribution in [0, 0.1) is 5.82 Å². The minimum atomic E-state index is -0.276. The fourth-order valence-electron chi connectivity index (χ4n) is 2.50. The van der Waals surface area contributed by atoms with E-state index in [1.165, 1.54) is 12.1 Å². The van der Waals surface area contributed by atoms with Gasteiger partial charge in [-0.25, -0.2) is 4.39 Å². The van der Waals surface area contributed by atoms with Crippen LogP contribution in [-0.2, 0) is 6.54 Å². The van der Waals surface area contributed by atoms with Crippen LogP contribution in [0.2, 0.25) is 5.02 Å². The Morgan fingerprint density at radius 1 is 1.50 bits per heavy atom. The molecule has 1 aliphatic rings. The maximum atomic E-state index is 13.0. The molecule has 0 aliphatic carbocycles. The first-order chi connectivity index (χ1) is 8.58. The third kappa shape index (κ3) is 3.22. The summed E-state index contributed by atoms with van der Waals surface area (Å²) in [6.07, 6.45) is 1.16. The van der Waals surface area contributed by atoms with Gasteiger partial charge < -0.3 is 5.32 Å².